The Morgan fingerprint density at radius 3 is 2.52 bits per heavy atom. The first-order chi connectivity index (χ1) is 15.4. The maximum absolute atomic E-state index is 14.1. The smallest absolute Gasteiger partial charge is 0.375 e. The number of benzene rings is 1. The summed E-state index contributed by atoms with van der Waals surface area (Å²) in [5.74, 6) is -1.29. The summed E-state index contributed by atoms with van der Waals surface area (Å²) in [6.07, 6.45) is -9.02. The number of aromatic nitrogens is 4. The van der Waals surface area contributed by atoms with Gasteiger partial charge in [0.05, 0.1) is 10.2 Å². The second kappa shape index (κ2) is 7.72. The van der Waals surface area contributed by atoms with Crippen LogP contribution in [-0.2, 0) is 19.4 Å². The summed E-state index contributed by atoms with van der Waals surface area (Å²) in [5.41, 5.74) is 1.66. The SMILES string of the molecule is Cn1nc(-c2cccc3nc(N)sc23)c(C(F)(F)F)c1C(=O)Nc1ccnc(C(F)(F)F)c1. The monoisotopic (exact) mass is 486 g/mol. The highest BCUT2D eigenvalue weighted by atomic mass is 32.1. The van der Waals surface area contributed by atoms with Gasteiger partial charge in [0.2, 0.25) is 0 Å². The molecule has 0 radical (unpaired) electrons. The van der Waals surface area contributed by atoms with Crippen molar-refractivity contribution in [3.05, 3.63) is 53.5 Å². The van der Waals surface area contributed by atoms with Crippen molar-refractivity contribution in [2.75, 3.05) is 11.1 Å². The third-order valence-corrected chi connectivity index (χ3v) is 5.47. The number of aryl methyl sites for hydroxylation is 1. The third kappa shape index (κ3) is 4.20. The zero-order valence-electron chi connectivity index (χ0n) is 16.4. The van der Waals surface area contributed by atoms with Gasteiger partial charge in [-0.05, 0) is 18.2 Å². The van der Waals surface area contributed by atoms with Gasteiger partial charge in [0, 0.05) is 24.5 Å². The molecule has 172 valence electrons. The molecule has 1 amide bonds. The number of alkyl halides is 6. The predicted octanol–water partition coefficient (Wildman–Crippen LogP) is 4.96. The van der Waals surface area contributed by atoms with E-state index in [9.17, 15) is 31.1 Å². The van der Waals surface area contributed by atoms with Crippen molar-refractivity contribution in [1.82, 2.24) is 19.7 Å². The number of nitrogens with zero attached hydrogens (tertiary/aromatic N) is 4. The second-order valence-electron chi connectivity index (χ2n) is 6.78. The number of thiazole rings is 1. The maximum Gasteiger partial charge on any atom is 0.433 e. The molecular formula is C19H12F6N6OS. The molecule has 0 aliphatic heterocycles. The van der Waals surface area contributed by atoms with Gasteiger partial charge in [-0.1, -0.05) is 23.5 Å². The summed E-state index contributed by atoms with van der Waals surface area (Å²) in [6.45, 7) is 0. The van der Waals surface area contributed by atoms with E-state index in [1.165, 1.54) is 12.1 Å². The van der Waals surface area contributed by atoms with Crippen LogP contribution in [0.1, 0.15) is 21.7 Å². The van der Waals surface area contributed by atoms with Crippen molar-refractivity contribution in [3.63, 3.8) is 0 Å². The first-order valence-electron chi connectivity index (χ1n) is 9.00. The average molecular weight is 486 g/mol. The van der Waals surface area contributed by atoms with Crippen molar-refractivity contribution >= 4 is 38.3 Å². The molecule has 0 bridgehead atoms. The summed E-state index contributed by atoms with van der Waals surface area (Å²) < 4.78 is 82.0. The number of hydrogen-bond acceptors (Lipinski definition) is 6. The van der Waals surface area contributed by atoms with Crippen LogP contribution in [-0.4, -0.2) is 25.7 Å². The zero-order valence-corrected chi connectivity index (χ0v) is 17.2. The van der Waals surface area contributed by atoms with Crippen LogP contribution in [0.5, 0.6) is 0 Å². The van der Waals surface area contributed by atoms with E-state index in [2.05, 4.69) is 20.4 Å². The number of rotatable bonds is 3. The van der Waals surface area contributed by atoms with Gasteiger partial charge in [0.15, 0.2) is 5.13 Å². The van der Waals surface area contributed by atoms with E-state index in [0.717, 1.165) is 35.3 Å². The molecule has 4 aromatic rings. The van der Waals surface area contributed by atoms with Crippen molar-refractivity contribution in [3.8, 4) is 11.3 Å². The summed E-state index contributed by atoms with van der Waals surface area (Å²) in [7, 11) is 1.13. The number of halogens is 6. The fourth-order valence-electron chi connectivity index (χ4n) is 3.25. The van der Waals surface area contributed by atoms with Gasteiger partial charge in [-0.2, -0.15) is 31.4 Å². The molecule has 1 aromatic carbocycles. The molecule has 14 heteroatoms. The number of carbonyl (C=O) groups excluding carboxylic acids is 1. The van der Waals surface area contributed by atoms with Crippen molar-refractivity contribution < 1.29 is 31.1 Å². The molecule has 0 unspecified atom stereocenters. The van der Waals surface area contributed by atoms with Crippen molar-refractivity contribution in [1.29, 1.82) is 0 Å². The molecule has 0 fully saturated rings. The molecule has 4 rings (SSSR count). The van der Waals surface area contributed by atoms with Crippen LogP contribution >= 0.6 is 11.3 Å². The Hall–Kier alpha value is -3.68. The average Bonchev–Trinajstić information content (AvgIpc) is 3.26. The second-order valence-corrected chi connectivity index (χ2v) is 7.81. The normalized spacial score (nSPS) is 12.3. The Kier molecular flexibility index (Phi) is 5.27. The molecule has 0 atom stereocenters. The number of nitrogen functional groups attached to an aromatic ring is 1. The number of hydrogen-bond donors (Lipinski definition) is 2. The lowest BCUT2D eigenvalue weighted by Gasteiger charge is -2.12. The van der Waals surface area contributed by atoms with Crippen LogP contribution in [0.3, 0.4) is 0 Å². The van der Waals surface area contributed by atoms with Gasteiger partial charge >= 0.3 is 12.4 Å². The lowest BCUT2D eigenvalue weighted by Crippen LogP contribution is -2.21. The fourth-order valence-corrected chi connectivity index (χ4v) is 4.09. The lowest BCUT2D eigenvalue weighted by atomic mass is 10.0. The predicted molar refractivity (Wildman–Crippen MR) is 108 cm³/mol. The third-order valence-electron chi connectivity index (χ3n) is 4.54. The van der Waals surface area contributed by atoms with Crippen LogP contribution in [0.25, 0.3) is 21.5 Å². The Balaban J connectivity index is 1.83. The Morgan fingerprint density at radius 1 is 1.12 bits per heavy atom. The van der Waals surface area contributed by atoms with Crippen LogP contribution in [0.4, 0.5) is 37.2 Å². The van der Waals surface area contributed by atoms with Gasteiger partial charge in [-0.3, -0.25) is 14.5 Å². The zero-order chi connectivity index (χ0) is 24.1. The number of nitrogens with two attached hydrogens (primary N) is 1. The maximum atomic E-state index is 14.1. The Morgan fingerprint density at radius 2 is 1.85 bits per heavy atom. The van der Waals surface area contributed by atoms with E-state index < -0.39 is 40.9 Å². The van der Waals surface area contributed by atoms with Gasteiger partial charge in [-0.25, -0.2) is 4.98 Å². The van der Waals surface area contributed by atoms with E-state index in [4.69, 9.17) is 5.73 Å². The standard InChI is InChI=1S/C19H12F6N6OS/c1-31-14(16(32)28-8-5-6-27-11(7-8)18(20,21)22)12(19(23,24)25)13(30-31)9-3-2-4-10-15(9)33-17(26)29-10/h2-7H,1H3,(H2,26,29)(H,27,28,32). The van der Waals surface area contributed by atoms with E-state index in [1.807, 2.05) is 0 Å². The van der Waals surface area contributed by atoms with Crippen molar-refractivity contribution in [2.45, 2.75) is 12.4 Å². The molecule has 33 heavy (non-hydrogen) atoms. The first-order valence-corrected chi connectivity index (χ1v) is 9.82. The number of anilines is 2. The van der Waals surface area contributed by atoms with Crippen LogP contribution in [0.2, 0.25) is 0 Å². The highest BCUT2D eigenvalue weighted by Crippen LogP contribution is 2.42. The largest absolute Gasteiger partial charge is 0.433 e. The molecule has 0 spiro atoms. The van der Waals surface area contributed by atoms with Gasteiger partial charge in [-0.15, -0.1) is 0 Å². The highest BCUT2D eigenvalue weighted by molar-refractivity contribution is 7.22. The minimum atomic E-state index is -5.01. The molecular weight excluding hydrogens is 474 g/mol. The molecule has 7 nitrogen and oxygen atoms in total. The molecule has 3 heterocycles. The van der Waals surface area contributed by atoms with Crippen molar-refractivity contribution in [2.24, 2.45) is 7.05 Å². The molecule has 0 aliphatic rings. The van der Waals surface area contributed by atoms with E-state index in [-0.39, 0.29) is 16.4 Å². The summed E-state index contributed by atoms with van der Waals surface area (Å²) in [5, 5.41) is 6.11. The van der Waals surface area contributed by atoms with E-state index in [0.29, 0.717) is 16.3 Å². The van der Waals surface area contributed by atoms with E-state index in [1.54, 1.807) is 6.07 Å². The van der Waals surface area contributed by atoms with Crippen LogP contribution in [0.15, 0.2) is 36.5 Å². The number of amides is 1. The molecule has 0 saturated heterocycles. The van der Waals surface area contributed by atoms with Gasteiger partial charge < -0.3 is 11.1 Å². The molecule has 0 saturated carbocycles. The molecule has 3 aromatic heterocycles. The first kappa shape index (κ1) is 22.5. The number of fused-ring (bicyclic) bond motifs is 1. The minimum absolute atomic E-state index is 0.0620. The number of carbonyl (C=O) groups is 1. The summed E-state index contributed by atoms with van der Waals surface area (Å²) >= 11 is 0.959. The van der Waals surface area contributed by atoms with Gasteiger partial charge in [0.25, 0.3) is 5.91 Å². The van der Waals surface area contributed by atoms with Crippen LogP contribution in [0, 0.1) is 0 Å². The summed E-state index contributed by atoms with van der Waals surface area (Å²) in [4.78, 5) is 20.0. The summed E-state index contributed by atoms with van der Waals surface area (Å²) in [6, 6.07) is 5.97. The fraction of sp³-hybridized carbons (Fsp3) is 0.158. The number of nitrogens with one attached hydrogen (secondary N) is 1. The Bertz CT molecular complexity index is 1370. The van der Waals surface area contributed by atoms with Crippen LogP contribution < -0.4 is 11.1 Å². The quantitative estimate of drug-likeness (QED) is 0.399. The topological polar surface area (TPSA) is 98.7 Å². The highest BCUT2D eigenvalue weighted by Gasteiger charge is 2.42. The molecule has 0 aliphatic carbocycles. The lowest BCUT2D eigenvalue weighted by molar-refractivity contribution is -0.141. The molecule has 3 N–H and O–H groups in total. The minimum Gasteiger partial charge on any atom is -0.375 e. The number of pyridine rings is 1. The van der Waals surface area contributed by atoms with E-state index >= 15 is 0 Å². The Labute approximate surface area is 184 Å². The van der Waals surface area contributed by atoms with Gasteiger partial charge in [0.1, 0.15) is 22.6 Å².